The van der Waals surface area contributed by atoms with Crippen LogP contribution in [0.2, 0.25) is 0 Å². The molecule has 3 heteroatoms. The molecule has 0 radical (unpaired) electrons. The first kappa shape index (κ1) is 12.0. The van der Waals surface area contributed by atoms with Crippen LogP contribution in [0.1, 0.15) is 18.5 Å². The highest BCUT2D eigenvalue weighted by Crippen LogP contribution is 2.14. The van der Waals surface area contributed by atoms with Crippen LogP contribution in [-0.2, 0) is 4.79 Å². The monoisotopic (exact) mass is 241 g/mol. The van der Waals surface area contributed by atoms with Gasteiger partial charge in [0.15, 0.2) is 0 Å². The van der Waals surface area contributed by atoms with Gasteiger partial charge in [-0.05, 0) is 19.1 Å². The fraction of sp³-hybridized carbons (Fsp3) is 0.200. The molecule has 13 heavy (non-hydrogen) atoms. The van der Waals surface area contributed by atoms with Crippen molar-refractivity contribution in [1.82, 2.24) is 4.98 Å². The fourth-order valence-corrected chi connectivity index (χ4v) is 1.05. The minimum absolute atomic E-state index is 0. The SMILES string of the molecule is Br.C=CC(C(C)=O)c1ccccn1. The van der Waals surface area contributed by atoms with Crippen molar-refractivity contribution in [1.29, 1.82) is 0 Å². The van der Waals surface area contributed by atoms with Crippen LogP contribution in [0.4, 0.5) is 0 Å². The van der Waals surface area contributed by atoms with E-state index in [1.54, 1.807) is 19.2 Å². The molecule has 0 aliphatic carbocycles. The Morgan fingerprint density at radius 2 is 2.31 bits per heavy atom. The van der Waals surface area contributed by atoms with Crippen molar-refractivity contribution in [3.8, 4) is 0 Å². The molecule has 0 saturated carbocycles. The Kier molecular flexibility index (Phi) is 5.23. The molecule has 0 saturated heterocycles. The third-order valence-electron chi connectivity index (χ3n) is 1.68. The zero-order chi connectivity index (χ0) is 8.97. The standard InChI is InChI=1S/C10H11NO.BrH/c1-3-9(8(2)12)10-6-4-5-7-11-10;/h3-7,9H,1H2,2H3;1H. The minimum atomic E-state index is -0.258. The predicted molar refractivity (Wildman–Crippen MR) is 58.2 cm³/mol. The molecule has 1 atom stereocenters. The van der Waals surface area contributed by atoms with Gasteiger partial charge >= 0.3 is 0 Å². The van der Waals surface area contributed by atoms with Gasteiger partial charge in [0.25, 0.3) is 0 Å². The number of carbonyl (C=O) groups excluding carboxylic acids is 1. The van der Waals surface area contributed by atoms with E-state index in [1.807, 2.05) is 18.2 Å². The molecule has 1 aromatic rings. The van der Waals surface area contributed by atoms with E-state index in [9.17, 15) is 4.79 Å². The van der Waals surface area contributed by atoms with Crippen LogP contribution in [-0.4, -0.2) is 10.8 Å². The molecule has 0 bridgehead atoms. The second-order valence-electron chi connectivity index (χ2n) is 2.58. The normalized spacial score (nSPS) is 11.2. The van der Waals surface area contributed by atoms with E-state index in [0.29, 0.717) is 0 Å². The molecule has 1 unspecified atom stereocenters. The molecule has 1 rings (SSSR count). The lowest BCUT2D eigenvalue weighted by molar-refractivity contribution is -0.117. The van der Waals surface area contributed by atoms with Gasteiger partial charge in [0.1, 0.15) is 5.78 Å². The zero-order valence-electron chi connectivity index (χ0n) is 7.43. The Balaban J connectivity index is 0.00000144. The van der Waals surface area contributed by atoms with Crippen LogP contribution < -0.4 is 0 Å². The van der Waals surface area contributed by atoms with Gasteiger partial charge in [-0.2, -0.15) is 0 Å². The topological polar surface area (TPSA) is 30.0 Å². The first-order chi connectivity index (χ1) is 5.75. The van der Waals surface area contributed by atoms with Gasteiger partial charge in [-0.1, -0.05) is 12.1 Å². The summed E-state index contributed by atoms with van der Waals surface area (Å²) in [6.45, 7) is 5.14. The molecule has 2 nitrogen and oxygen atoms in total. The molecule has 0 spiro atoms. The van der Waals surface area contributed by atoms with E-state index in [-0.39, 0.29) is 28.7 Å². The second kappa shape index (κ2) is 5.65. The molecule has 0 aromatic carbocycles. The van der Waals surface area contributed by atoms with Crippen LogP contribution in [0.25, 0.3) is 0 Å². The lowest BCUT2D eigenvalue weighted by atomic mass is 10.0. The maximum absolute atomic E-state index is 11.1. The quantitative estimate of drug-likeness (QED) is 0.762. The number of pyridine rings is 1. The number of hydrogen-bond acceptors (Lipinski definition) is 2. The van der Waals surface area contributed by atoms with E-state index in [4.69, 9.17) is 0 Å². The maximum atomic E-state index is 11.1. The number of allylic oxidation sites excluding steroid dienone is 1. The van der Waals surface area contributed by atoms with Crippen LogP contribution in [0, 0.1) is 0 Å². The van der Waals surface area contributed by atoms with E-state index >= 15 is 0 Å². The number of rotatable bonds is 3. The third-order valence-corrected chi connectivity index (χ3v) is 1.68. The van der Waals surface area contributed by atoms with Crippen molar-refractivity contribution >= 4 is 22.8 Å². The van der Waals surface area contributed by atoms with Crippen LogP contribution in [0.15, 0.2) is 37.1 Å². The van der Waals surface area contributed by atoms with E-state index in [2.05, 4.69) is 11.6 Å². The highest BCUT2D eigenvalue weighted by atomic mass is 79.9. The van der Waals surface area contributed by atoms with Gasteiger partial charge in [0.2, 0.25) is 0 Å². The number of carbonyl (C=O) groups is 1. The highest BCUT2D eigenvalue weighted by Gasteiger charge is 2.12. The summed E-state index contributed by atoms with van der Waals surface area (Å²) in [4.78, 5) is 15.1. The van der Waals surface area contributed by atoms with Gasteiger partial charge in [0.05, 0.1) is 11.6 Å². The molecule has 1 aromatic heterocycles. The van der Waals surface area contributed by atoms with Gasteiger partial charge in [-0.25, -0.2) is 0 Å². The third kappa shape index (κ3) is 3.11. The first-order valence-electron chi connectivity index (χ1n) is 3.79. The van der Waals surface area contributed by atoms with Crippen LogP contribution in [0.5, 0.6) is 0 Å². The Morgan fingerprint density at radius 3 is 2.69 bits per heavy atom. The van der Waals surface area contributed by atoms with Gasteiger partial charge < -0.3 is 0 Å². The minimum Gasteiger partial charge on any atom is -0.299 e. The summed E-state index contributed by atoms with van der Waals surface area (Å²) in [5.41, 5.74) is 0.764. The summed E-state index contributed by atoms with van der Waals surface area (Å²) in [5.74, 6) is -0.185. The molecule has 1 heterocycles. The number of nitrogens with zero attached hydrogens (tertiary/aromatic N) is 1. The molecular formula is C10H12BrNO. The van der Waals surface area contributed by atoms with Crippen LogP contribution in [0.3, 0.4) is 0 Å². The Morgan fingerprint density at radius 1 is 1.62 bits per heavy atom. The van der Waals surface area contributed by atoms with Crippen molar-refractivity contribution in [3.63, 3.8) is 0 Å². The summed E-state index contributed by atoms with van der Waals surface area (Å²) in [5, 5.41) is 0. The number of aromatic nitrogens is 1. The van der Waals surface area contributed by atoms with Crippen LogP contribution >= 0.6 is 17.0 Å². The van der Waals surface area contributed by atoms with Gasteiger partial charge in [0, 0.05) is 6.20 Å². The van der Waals surface area contributed by atoms with Gasteiger partial charge in [-0.15, -0.1) is 23.6 Å². The first-order valence-corrected chi connectivity index (χ1v) is 3.79. The molecule has 0 N–H and O–H groups in total. The highest BCUT2D eigenvalue weighted by molar-refractivity contribution is 8.93. The largest absolute Gasteiger partial charge is 0.299 e. The smallest absolute Gasteiger partial charge is 0.142 e. The summed E-state index contributed by atoms with van der Waals surface area (Å²) in [7, 11) is 0. The lowest BCUT2D eigenvalue weighted by Crippen LogP contribution is -2.06. The molecule has 0 fully saturated rings. The van der Waals surface area contributed by atoms with E-state index < -0.39 is 0 Å². The number of Topliss-reactive ketones (excluding diaryl/α,β-unsaturated/α-hetero) is 1. The van der Waals surface area contributed by atoms with Crippen molar-refractivity contribution in [2.45, 2.75) is 12.8 Å². The zero-order valence-corrected chi connectivity index (χ0v) is 9.15. The van der Waals surface area contributed by atoms with E-state index in [1.165, 1.54) is 0 Å². The van der Waals surface area contributed by atoms with Crippen molar-refractivity contribution in [3.05, 3.63) is 42.7 Å². The maximum Gasteiger partial charge on any atom is 0.142 e. The summed E-state index contributed by atoms with van der Waals surface area (Å²) < 4.78 is 0. The summed E-state index contributed by atoms with van der Waals surface area (Å²) in [6.07, 6.45) is 3.29. The number of ketones is 1. The Labute approximate surface area is 88.5 Å². The van der Waals surface area contributed by atoms with Crippen molar-refractivity contribution < 1.29 is 4.79 Å². The average molecular weight is 242 g/mol. The molecule has 70 valence electrons. The second-order valence-corrected chi connectivity index (χ2v) is 2.58. The lowest BCUT2D eigenvalue weighted by Gasteiger charge is -2.06. The molecule has 0 amide bonds. The fourth-order valence-electron chi connectivity index (χ4n) is 1.05. The molecular weight excluding hydrogens is 230 g/mol. The summed E-state index contributed by atoms with van der Waals surface area (Å²) >= 11 is 0. The molecule has 0 aliphatic heterocycles. The Hall–Kier alpha value is -0.960. The van der Waals surface area contributed by atoms with Crippen molar-refractivity contribution in [2.75, 3.05) is 0 Å². The average Bonchev–Trinajstić information content (AvgIpc) is 2.07. The van der Waals surface area contributed by atoms with E-state index in [0.717, 1.165) is 5.69 Å². The van der Waals surface area contributed by atoms with Crippen molar-refractivity contribution in [2.24, 2.45) is 0 Å². The molecule has 0 aliphatic rings. The predicted octanol–water partition coefficient (Wildman–Crippen LogP) is 2.52. The van der Waals surface area contributed by atoms with Gasteiger partial charge in [-0.3, -0.25) is 9.78 Å². The number of halogens is 1. The summed E-state index contributed by atoms with van der Waals surface area (Å²) in [6, 6.07) is 5.51. The number of hydrogen-bond donors (Lipinski definition) is 0. The Bertz CT molecular complexity index is 284.